The number of hydrogen-bond donors (Lipinski definition) is 0. The molecule has 0 aliphatic heterocycles. The van der Waals surface area contributed by atoms with Crippen LogP contribution < -0.4 is 4.74 Å². The Morgan fingerprint density at radius 1 is 1.23 bits per heavy atom. The quantitative estimate of drug-likeness (QED) is 0.650. The van der Waals surface area contributed by atoms with Gasteiger partial charge < -0.3 is 4.74 Å². The lowest BCUT2D eigenvalue weighted by molar-refractivity contribution is 0.112. The summed E-state index contributed by atoms with van der Waals surface area (Å²) in [7, 11) is 1.58. The number of carbonyl (C=O) groups excluding carboxylic acids is 1. The van der Waals surface area contributed by atoms with Crippen LogP contribution in [0.1, 0.15) is 27.0 Å². The van der Waals surface area contributed by atoms with Gasteiger partial charge in [0.25, 0.3) is 0 Å². The Balaban J connectivity index is 3.47. The molecule has 1 aromatic rings. The average molecular weight is 178 g/mol. The van der Waals surface area contributed by atoms with Crippen molar-refractivity contribution in [1.82, 2.24) is 0 Å². The molecule has 0 saturated carbocycles. The van der Waals surface area contributed by atoms with E-state index in [0.717, 1.165) is 23.0 Å². The first-order chi connectivity index (χ1) is 6.11. The molecule has 0 N–H and O–H groups in total. The summed E-state index contributed by atoms with van der Waals surface area (Å²) in [5.41, 5.74) is 3.97. The Hall–Kier alpha value is -1.31. The minimum Gasteiger partial charge on any atom is -0.496 e. The molecule has 0 aromatic heterocycles. The van der Waals surface area contributed by atoms with E-state index in [4.69, 9.17) is 4.74 Å². The molecule has 0 saturated heterocycles. The first-order valence-electron chi connectivity index (χ1n) is 4.21. The summed E-state index contributed by atoms with van der Waals surface area (Å²) in [6.45, 7) is 5.96. The highest BCUT2D eigenvalue weighted by atomic mass is 16.5. The van der Waals surface area contributed by atoms with Crippen molar-refractivity contribution in [3.8, 4) is 5.75 Å². The van der Waals surface area contributed by atoms with Crippen LogP contribution in [0.15, 0.2) is 6.07 Å². The van der Waals surface area contributed by atoms with Gasteiger partial charge in [0.2, 0.25) is 0 Å². The van der Waals surface area contributed by atoms with Crippen LogP contribution in [0.2, 0.25) is 0 Å². The molecule has 0 spiro atoms. The van der Waals surface area contributed by atoms with E-state index >= 15 is 0 Å². The number of hydrogen-bond acceptors (Lipinski definition) is 2. The summed E-state index contributed by atoms with van der Waals surface area (Å²) in [6.07, 6.45) is 0.848. The summed E-state index contributed by atoms with van der Waals surface area (Å²) in [5.74, 6) is 0.663. The van der Waals surface area contributed by atoms with Crippen molar-refractivity contribution < 1.29 is 9.53 Å². The van der Waals surface area contributed by atoms with Crippen LogP contribution in [0.3, 0.4) is 0 Å². The van der Waals surface area contributed by atoms with Crippen molar-refractivity contribution in [2.45, 2.75) is 20.8 Å². The average Bonchev–Trinajstić information content (AvgIpc) is 2.13. The Morgan fingerprint density at radius 3 is 2.31 bits per heavy atom. The van der Waals surface area contributed by atoms with Crippen LogP contribution in [0.4, 0.5) is 0 Å². The van der Waals surface area contributed by atoms with E-state index in [9.17, 15) is 4.79 Å². The van der Waals surface area contributed by atoms with Gasteiger partial charge in [-0.1, -0.05) is 0 Å². The Labute approximate surface area is 78.5 Å². The van der Waals surface area contributed by atoms with Gasteiger partial charge in [-0.25, -0.2) is 0 Å². The van der Waals surface area contributed by atoms with Gasteiger partial charge in [-0.3, -0.25) is 4.79 Å². The number of aldehydes is 1. The lowest BCUT2D eigenvalue weighted by atomic mass is 9.98. The third-order valence-electron chi connectivity index (χ3n) is 2.51. The minimum absolute atomic E-state index is 0.658. The van der Waals surface area contributed by atoms with E-state index in [0.29, 0.717) is 11.3 Å². The molecule has 0 unspecified atom stereocenters. The van der Waals surface area contributed by atoms with E-state index in [1.165, 1.54) is 0 Å². The van der Waals surface area contributed by atoms with E-state index in [2.05, 4.69) is 0 Å². The second-order valence-corrected chi connectivity index (χ2v) is 3.18. The molecular formula is C11H14O2. The third-order valence-corrected chi connectivity index (χ3v) is 2.51. The Bertz CT molecular complexity index is 340. The maximum Gasteiger partial charge on any atom is 0.154 e. The molecule has 70 valence electrons. The number of carbonyl (C=O) groups is 1. The lowest BCUT2D eigenvalue weighted by Crippen LogP contribution is -1.98. The van der Waals surface area contributed by atoms with Crippen LogP contribution >= 0.6 is 0 Å². The smallest absolute Gasteiger partial charge is 0.154 e. The monoisotopic (exact) mass is 178 g/mol. The van der Waals surface area contributed by atoms with E-state index in [1.807, 2.05) is 26.8 Å². The van der Waals surface area contributed by atoms with E-state index in [-0.39, 0.29) is 0 Å². The molecule has 0 aliphatic rings. The zero-order valence-corrected chi connectivity index (χ0v) is 8.47. The van der Waals surface area contributed by atoms with Crippen LogP contribution in [0.25, 0.3) is 0 Å². The fourth-order valence-corrected chi connectivity index (χ4v) is 1.38. The minimum atomic E-state index is 0.658. The predicted octanol–water partition coefficient (Wildman–Crippen LogP) is 2.43. The number of benzene rings is 1. The summed E-state index contributed by atoms with van der Waals surface area (Å²) in [4.78, 5) is 10.8. The molecule has 0 atom stereocenters. The molecule has 2 heteroatoms. The van der Waals surface area contributed by atoms with Crippen molar-refractivity contribution in [3.63, 3.8) is 0 Å². The van der Waals surface area contributed by atoms with Crippen molar-refractivity contribution in [2.24, 2.45) is 0 Å². The van der Waals surface area contributed by atoms with Crippen LogP contribution in [-0.4, -0.2) is 13.4 Å². The SMILES string of the molecule is COc1cc(C)c(C)c(C)c1C=O. The summed E-state index contributed by atoms with van der Waals surface area (Å²) >= 11 is 0. The standard InChI is InChI=1S/C11H14O2/c1-7-5-11(13-4)10(6-12)9(3)8(7)2/h5-6H,1-4H3. The summed E-state index contributed by atoms with van der Waals surface area (Å²) in [5, 5.41) is 0. The Morgan fingerprint density at radius 2 is 1.85 bits per heavy atom. The van der Waals surface area contributed by atoms with Gasteiger partial charge in [-0.15, -0.1) is 0 Å². The number of aryl methyl sites for hydroxylation is 1. The maximum atomic E-state index is 10.8. The van der Waals surface area contributed by atoms with Gasteiger partial charge in [-0.05, 0) is 43.5 Å². The largest absolute Gasteiger partial charge is 0.496 e. The molecule has 1 rings (SSSR count). The fraction of sp³-hybridized carbons (Fsp3) is 0.364. The van der Waals surface area contributed by atoms with Gasteiger partial charge >= 0.3 is 0 Å². The van der Waals surface area contributed by atoms with Crippen molar-refractivity contribution in [3.05, 3.63) is 28.3 Å². The van der Waals surface area contributed by atoms with Crippen LogP contribution in [0, 0.1) is 20.8 Å². The topological polar surface area (TPSA) is 26.3 Å². The van der Waals surface area contributed by atoms with Gasteiger partial charge in [0, 0.05) is 0 Å². The second-order valence-electron chi connectivity index (χ2n) is 3.18. The molecule has 0 fully saturated rings. The van der Waals surface area contributed by atoms with E-state index in [1.54, 1.807) is 7.11 Å². The molecule has 0 aliphatic carbocycles. The molecule has 0 bridgehead atoms. The number of rotatable bonds is 2. The van der Waals surface area contributed by atoms with Gasteiger partial charge in [0.15, 0.2) is 6.29 Å². The maximum absolute atomic E-state index is 10.8. The van der Waals surface area contributed by atoms with Gasteiger partial charge in [0.05, 0.1) is 12.7 Å². The number of ether oxygens (including phenoxy) is 1. The van der Waals surface area contributed by atoms with Crippen LogP contribution in [-0.2, 0) is 0 Å². The van der Waals surface area contributed by atoms with Crippen LogP contribution in [0.5, 0.6) is 5.75 Å². The van der Waals surface area contributed by atoms with Gasteiger partial charge in [0.1, 0.15) is 5.75 Å². The zero-order chi connectivity index (χ0) is 10.0. The molecule has 2 nitrogen and oxygen atoms in total. The Kier molecular flexibility index (Phi) is 2.71. The normalized spacial score (nSPS) is 9.85. The molecular weight excluding hydrogens is 164 g/mol. The number of methoxy groups -OCH3 is 1. The molecule has 13 heavy (non-hydrogen) atoms. The molecule has 0 radical (unpaired) electrons. The highest BCUT2D eigenvalue weighted by molar-refractivity contribution is 5.82. The summed E-state index contributed by atoms with van der Waals surface area (Å²) < 4.78 is 5.12. The lowest BCUT2D eigenvalue weighted by Gasteiger charge is -2.11. The first kappa shape index (κ1) is 9.78. The summed E-state index contributed by atoms with van der Waals surface area (Å²) in [6, 6.07) is 1.89. The highest BCUT2D eigenvalue weighted by Crippen LogP contribution is 2.25. The predicted molar refractivity (Wildman–Crippen MR) is 52.6 cm³/mol. The van der Waals surface area contributed by atoms with Gasteiger partial charge in [-0.2, -0.15) is 0 Å². The fourth-order valence-electron chi connectivity index (χ4n) is 1.38. The third kappa shape index (κ3) is 1.57. The van der Waals surface area contributed by atoms with Crippen molar-refractivity contribution in [1.29, 1.82) is 0 Å². The molecule has 0 amide bonds. The zero-order valence-electron chi connectivity index (χ0n) is 8.47. The molecule has 0 heterocycles. The second kappa shape index (κ2) is 3.60. The first-order valence-corrected chi connectivity index (χ1v) is 4.21. The van der Waals surface area contributed by atoms with E-state index < -0.39 is 0 Å². The van der Waals surface area contributed by atoms with Crippen molar-refractivity contribution >= 4 is 6.29 Å². The van der Waals surface area contributed by atoms with Crippen molar-refractivity contribution in [2.75, 3.05) is 7.11 Å². The highest BCUT2D eigenvalue weighted by Gasteiger charge is 2.09. The molecule has 1 aromatic carbocycles.